The first-order chi connectivity index (χ1) is 14.1. The van der Waals surface area contributed by atoms with Crippen molar-refractivity contribution in [3.63, 3.8) is 0 Å². The normalized spacial score (nSPS) is 10.7. The molecule has 0 unspecified atom stereocenters. The average molecular weight is 497 g/mol. The second kappa shape index (κ2) is 8.48. The molecule has 29 heavy (non-hydrogen) atoms. The van der Waals surface area contributed by atoms with Crippen LogP contribution < -0.4 is 10.1 Å². The fourth-order valence-electron chi connectivity index (χ4n) is 2.91. The van der Waals surface area contributed by atoms with Gasteiger partial charge in [-0.25, -0.2) is 0 Å². The van der Waals surface area contributed by atoms with Crippen LogP contribution in [0.5, 0.6) is 5.75 Å². The van der Waals surface area contributed by atoms with E-state index in [0.29, 0.717) is 28.0 Å². The van der Waals surface area contributed by atoms with Crippen LogP contribution in [0.1, 0.15) is 16.1 Å². The first-order valence-electron chi connectivity index (χ1n) is 8.91. The van der Waals surface area contributed by atoms with Crippen molar-refractivity contribution < 1.29 is 18.7 Å². The van der Waals surface area contributed by atoms with Gasteiger partial charge in [0, 0.05) is 14.5 Å². The average Bonchev–Trinajstić information content (AvgIpc) is 3.12. The van der Waals surface area contributed by atoms with Crippen LogP contribution in [0.3, 0.4) is 0 Å². The van der Waals surface area contributed by atoms with E-state index in [9.17, 15) is 9.59 Å². The standard InChI is InChI=1S/C23H16INO4/c24-16-10-12-17(13-11-16)28-14-20(26)25-21-18-8-4-5-9-19(18)29-23(21)22(27)15-6-2-1-3-7-15/h1-13H,14H2,(H,25,26). The summed E-state index contributed by atoms with van der Waals surface area (Å²) in [5, 5.41) is 3.45. The molecule has 0 spiro atoms. The zero-order valence-corrected chi connectivity index (χ0v) is 17.4. The molecule has 0 aliphatic heterocycles. The smallest absolute Gasteiger partial charge is 0.262 e. The second-order valence-electron chi connectivity index (χ2n) is 6.29. The van der Waals surface area contributed by atoms with Gasteiger partial charge in [-0.2, -0.15) is 0 Å². The highest BCUT2D eigenvalue weighted by Crippen LogP contribution is 2.32. The molecule has 0 atom stereocenters. The monoisotopic (exact) mass is 497 g/mol. The van der Waals surface area contributed by atoms with E-state index in [4.69, 9.17) is 9.15 Å². The molecule has 4 aromatic rings. The quantitative estimate of drug-likeness (QED) is 0.291. The van der Waals surface area contributed by atoms with Crippen molar-refractivity contribution in [3.05, 3.63) is 93.8 Å². The van der Waals surface area contributed by atoms with Gasteiger partial charge in [0.25, 0.3) is 5.91 Å². The molecular weight excluding hydrogens is 481 g/mol. The van der Waals surface area contributed by atoms with E-state index in [2.05, 4.69) is 27.9 Å². The van der Waals surface area contributed by atoms with E-state index in [1.54, 1.807) is 48.5 Å². The number of carbonyl (C=O) groups is 2. The SMILES string of the molecule is O=C(COc1ccc(I)cc1)Nc1c(C(=O)c2ccccc2)oc2ccccc12. The largest absolute Gasteiger partial charge is 0.484 e. The number of furan rings is 1. The lowest BCUT2D eigenvalue weighted by molar-refractivity contribution is -0.118. The minimum atomic E-state index is -0.378. The zero-order valence-electron chi connectivity index (χ0n) is 15.2. The summed E-state index contributed by atoms with van der Waals surface area (Å²) in [5.74, 6) is 0.0195. The molecule has 0 saturated carbocycles. The minimum absolute atomic E-state index is 0.0972. The molecule has 1 N–H and O–H groups in total. The summed E-state index contributed by atoms with van der Waals surface area (Å²) in [6, 6.07) is 23.4. The molecular formula is C23H16INO4. The number of benzene rings is 3. The lowest BCUT2D eigenvalue weighted by Crippen LogP contribution is -2.21. The molecule has 0 fully saturated rings. The highest BCUT2D eigenvalue weighted by molar-refractivity contribution is 14.1. The number of amides is 1. The van der Waals surface area contributed by atoms with Gasteiger partial charge in [0.15, 0.2) is 12.4 Å². The summed E-state index contributed by atoms with van der Waals surface area (Å²) in [6.07, 6.45) is 0. The van der Waals surface area contributed by atoms with Crippen LogP contribution in [0.2, 0.25) is 0 Å². The Morgan fingerprint density at radius 1 is 0.897 bits per heavy atom. The van der Waals surface area contributed by atoms with Crippen molar-refractivity contribution in [2.45, 2.75) is 0 Å². The van der Waals surface area contributed by atoms with Crippen LogP contribution in [0.4, 0.5) is 5.69 Å². The molecule has 0 saturated heterocycles. The third-order valence-electron chi connectivity index (χ3n) is 4.29. The summed E-state index contributed by atoms with van der Waals surface area (Å²) in [5.41, 5.74) is 1.36. The van der Waals surface area contributed by atoms with E-state index in [1.807, 2.05) is 30.3 Å². The third kappa shape index (κ3) is 4.32. The Bertz CT molecular complexity index is 1170. The van der Waals surface area contributed by atoms with Crippen molar-refractivity contribution in [2.75, 3.05) is 11.9 Å². The number of rotatable bonds is 6. The lowest BCUT2D eigenvalue weighted by atomic mass is 10.1. The number of carbonyl (C=O) groups excluding carboxylic acids is 2. The van der Waals surface area contributed by atoms with Crippen LogP contribution in [0.25, 0.3) is 11.0 Å². The van der Waals surface area contributed by atoms with Crippen LogP contribution in [-0.4, -0.2) is 18.3 Å². The van der Waals surface area contributed by atoms with Gasteiger partial charge in [0.2, 0.25) is 5.78 Å². The van der Waals surface area contributed by atoms with Gasteiger partial charge in [-0.1, -0.05) is 42.5 Å². The Kier molecular flexibility index (Phi) is 5.62. The third-order valence-corrected chi connectivity index (χ3v) is 5.00. The number of anilines is 1. The molecule has 1 heterocycles. The molecule has 3 aromatic carbocycles. The molecule has 0 bridgehead atoms. The van der Waals surface area contributed by atoms with Gasteiger partial charge in [-0.05, 0) is 59.0 Å². The summed E-state index contributed by atoms with van der Waals surface area (Å²) in [6.45, 7) is -0.181. The summed E-state index contributed by atoms with van der Waals surface area (Å²) in [7, 11) is 0. The Morgan fingerprint density at radius 2 is 1.59 bits per heavy atom. The fourth-order valence-corrected chi connectivity index (χ4v) is 3.26. The molecule has 5 nitrogen and oxygen atoms in total. The molecule has 144 valence electrons. The van der Waals surface area contributed by atoms with Gasteiger partial charge in [-0.15, -0.1) is 0 Å². The van der Waals surface area contributed by atoms with E-state index < -0.39 is 0 Å². The summed E-state index contributed by atoms with van der Waals surface area (Å²) >= 11 is 2.20. The van der Waals surface area contributed by atoms with Gasteiger partial charge in [0.05, 0.1) is 5.69 Å². The van der Waals surface area contributed by atoms with Gasteiger partial charge >= 0.3 is 0 Å². The molecule has 1 aromatic heterocycles. The predicted molar refractivity (Wildman–Crippen MR) is 119 cm³/mol. The van der Waals surface area contributed by atoms with Gasteiger partial charge in [0.1, 0.15) is 11.3 Å². The van der Waals surface area contributed by atoms with Crippen molar-refractivity contribution >= 4 is 50.9 Å². The van der Waals surface area contributed by atoms with Crippen molar-refractivity contribution in [3.8, 4) is 5.75 Å². The van der Waals surface area contributed by atoms with Crippen molar-refractivity contribution in [1.29, 1.82) is 0 Å². The van der Waals surface area contributed by atoms with Gasteiger partial charge < -0.3 is 14.5 Å². The van der Waals surface area contributed by atoms with Crippen LogP contribution in [0.15, 0.2) is 83.3 Å². The number of ether oxygens (including phenoxy) is 1. The highest BCUT2D eigenvalue weighted by atomic mass is 127. The fraction of sp³-hybridized carbons (Fsp3) is 0.0435. The molecule has 4 rings (SSSR count). The highest BCUT2D eigenvalue weighted by Gasteiger charge is 2.23. The number of hydrogen-bond donors (Lipinski definition) is 1. The number of nitrogens with one attached hydrogen (secondary N) is 1. The Labute approximate surface area is 180 Å². The number of ketones is 1. The molecule has 6 heteroatoms. The maximum Gasteiger partial charge on any atom is 0.262 e. The maximum atomic E-state index is 13.0. The number of fused-ring (bicyclic) bond motifs is 1. The van der Waals surface area contributed by atoms with Crippen LogP contribution in [0, 0.1) is 3.57 Å². The van der Waals surface area contributed by atoms with Crippen LogP contribution >= 0.6 is 22.6 Å². The van der Waals surface area contributed by atoms with E-state index in [1.165, 1.54) is 0 Å². The van der Waals surface area contributed by atoms with E-state index >= 15 is 0 Å². The first-order valence-corrected chi connectivity index (χ1v) is 9.99. The van der Waals surface area contributed by atoms with E-state index in [0.717, 1.165) is 3.57 Å². The minimum Gasteiger partial charge on any atom is -0.484 e. The molecule has 1 amide bonds. The topological polar surface area (TPSA) is 68.5 Å². The second-order valence-corrected chi connectivity index (χ2v) is 7.53. The van der Waals surface area contributed by atoms with E-state index in [-0.39, 0.29) is 24.1 Å². The molecule has 0 aliphatic rings. The maximum absolute atomic E-state index is 13.0. The number of halogens is 1. The predicted octanol–water partition coefficient (Wildman–Crippen LogP) is 5.29. The first kappa shape index (κ1) is 19.2. The number of hydrogen-bond acceptors (Lipinski definition) is 4. The summed E-state index contributed by atoms with van der Waals surface area (Å²) in [4.78, 5) is 25.5. The number of para-hydroxylation sites is 1. The zero-order chi connectivity index (χ0) is 20.2. The Hall–Kier alpha value is -3.13. The Balaban J connectivity index is 1.59. The van der Waals surface area contributed by atoms with Crippen molar-refractivity contribution in [2.24, 2.45) is 0 Å². The van der Waals surface area contributed by atoms with Gasteiger partial charge in [-0.3, -0.25) is 9.59 Å². The Morgan fingerprint density at radius 3 is 2.34 bits per heavy atom. The lowest BCUT2D eigenvalue weighted by Gasteiger charge is -2.08. The van der Waals surface area contributed by atoms with Crippen LogP contribution in [-0.2, 0) is 4.79 Å². The summed E-state index contributed by atoms with van der Waals surface area (Å²) < 4.78 is 12.4. The molecule has 0 radical (unpaired) electrons. The van der Waals surface area contributed by atoms with Crippen molar-refractivity contribution in [1.82, 2.24) is 0 Å². The molecule has 0 aliphatic carbocycles.